The summed E-state index contributed by atoms with van der Waals surface area (Å²) in [5, 5.41) is 9.12. The molecule has 0 aromatic carbocycles. The van der Waals surface area contributed by atoms with Crippen LogP contribution in [-0.2, 0) is 9.53 Å². The first-order valence-electron chi connectivity index (χ1n) is 4.35. The minimum atomic E-state index is -4.94. The number of hydrogen-bond donors (Lipinski definition) is 1. The van der Waals surface area contributed by atoms with Crippen molar-refractivity contribution in [1.82, 2.24) is 0 Å². The molecule has 0 aromatic rings. The lowest BCUT2D eigenvalue weighted by atomic mass is 9.95. The number of carbonyl (C=O) groups is 1. The molecule has 1 saturated carbocycles. The summed E-state index contributed by atoms with van der Waals surface area (Å²) < 4.78 is 39.5. The Hall–Kier alpha value is -0.780. The molecular formula is C8H11F3O3. The SMILES string of the molecule is O=C(OC1CCC[C@H](O)C1)C(F)(F)F. The van der Waals surface area contributed by atoms with Gasteiger partial charge >= 0.3 is 12.1 Å². The number of ether oxygens (including phenoxy) is 1. The van der Waals surface area contributed by atoms with E-state index >= 15 is 0 Å². The Morgan fingerprint density at radius 2 is 2.00 bits per heavy atom. The van der Waals surface area contributed by atoms with Gasteiger partial charge in [0.2, 0.25) is 0 Å². The van der Waals surface area contributed by atoms with E-state index in [1.807, 2.05) is 0 Å². The van der Waals surface area contributed by atoms with Gasteiger partial charge in [-0.05, 0) is 19.3 Å². The van der Waals surface area contributed by atoms with Gasteiger partial charge in [-0.15, -0.1) is 0 Å². The second-order valence-electron chi connectivity index (χ2n) is 3.35. The summed E-state index contributed by atoms with van der Waals surface area (Å²) in [6.07, 6.45) is -4.78. The van der Waals surface area contributed by atoms with Crippen molar-refractivity contribution in [3.63, 3.8) is 0 Å². The predicted molar refractivity (Wildman–Crippen MR) is 40.4 cm³/mol. The molecule has 1 fully saturated rings. The first-order valence-corrected chi connectivity index (χ1v) is 4.35. The highest BCUT2D eigenvalue weighted by Crippen LogP contribution is 2.24. The van der Waals surface area contributed by atoms with E-state index in [0.29, 0.717) is 19.3 Å². The molecule has 1 N–H and O–H groups in total. The lowest BCUT2D eigenvalue weighted by Gasteiger charge is -2.25. The molecule has 0 aliphatic heterocycles. The molecule has 0 radical (unpaired) electrons. The predicted octanol–water partition coefficient (Wildman–Crippen LogP) is 1.40. The van der Waals surface area contributed by atoms with E-state index in [-0.39, 0.29) is 6.42 Å². The molecule has 0 amide bonds. The zero-order valence-electron chi connectivity index (χ0n) is 7.38. The van der Waals surface area contributed by atoms with Gasteiger partial charge in [0.15, 0.2) is 0 Å². The van der Waals surface area contributed by atoms with Crippen LogP contribution in [0.3, 0.4) is 0 Å². The zero-order chi connectivity index (χ0) is 10.8. The number of aliphatic hydroxyl groups excluding tert-OH is 1. The summed E-state index contributed by atoms with van der Waals surface area (Å²) in [4.78, 5) is 10.4. The van der Waals surface area contributed by atoms with E-state index in [0.717, 1.165) is 0 Å². The van der Waals surface area contributed by atoms with Gasteiger partial charge in [0, 0.05) is 6.42 Å². The van der Waals surface area contributed by atoms with Gasteiger partial charge in [0.1, 0.15) is 6.10 Å². The third-order valence-corrected chi connectivity index (χ3v) is 2.10. The monoisotopic (exact) mass is 212 g/mol. The number of carbonyl (C=O) groups excluding carboxylic acids is 1. The molecule has 1 aliphatic rings. The fourth-order valence-corrected chi connectivity index (χ4v) is 1.45. The molecule has 0 heterocycles. The van der Waals surface area contributed by atoms with Crippen LogP contribution in [0.2, 0.25) is 0 Å². The highest BCUT2D eigenvalue weighted by Gasteiger charge is 2.42. The van der Waals surface area contributed by atoms with E-state index in [1.165, 1.54) is 0 Å². The Labute approximate surface area is 78.9 Å². The van der Waals surface area contributed by atoms with E-state index in [4.69, 9.17) is 5.11 Å². The van der Waals surface area contributed by atoms with Crippen LogP contribution in [0, 0.1) is 0 Å². The van der Waals surface area contributed by atoms with Crippen LogP contribution in [0.25, 0.3) is 0 Å². The maximum atomic E-state index is 11.8. The minimum absolute atomic E-state index is 0.0990. The molecule has 0 saturated heterocycles. The van der Waals surface area contributed by atoms with Crippen molar-refractivity contribution in [3.05, 3.63) is 0 Å². The van der Waals surface area contributed by atoms with Crippen LogP contribution in [0.1, 0.15) is 25.7 Å². The van der Waals surface area contributed by atoms with Gasteiger partial charge in [-0.25, -0.2) is 4.79 Å². The number of alkyl halides is 3. The molecular weight excluding hydrogens is 201 g/mol. The van der Waals surface area contributed by atoms with Crippen molar-refractivity contribution in [2.24, 2.45) is 0 Å². The Balaban J connectivity index is 2.40. The van der Waals surface area contributed by atoms with Gasteiger partial charge in [0.05, 0.1) is 6.10 Å². The molecule has 2 atom stereocenters. The van der Waals surface area contributed by atoms with Gasteiger partial charge in [-0.3, -0.25) is 0 Å². The quantitative estimate of drug-likeness (QED) is 0.668. The standard InChI is InChI=1S/C8H11F3O3/c9-8(10,11)7(13)14-6-3-1-2-5(12)4-6/h5-6,12H,1-4H2/t5-,6?/m0/s1. The summed E-state index contributed by atoms with van der Waals surface area (Å²) in [6, 6.07) is 0. The van der Waals surface area contributed by atoms with Crippen molar-refractivity contribution in [3.8, 4) is 0 Å². The lowest BCUT2D eigenvalue weighted by Crippen LogP contribution is -2.34. The molecule has 82 valence electrons. The summed E-state index contributed by atoms with van der Waals surface area (Å²) in [5.41, 5.74) is 0. The van der Waals surface area contributed by atoms with Crippen molar-refractivity contribution in [2.75, 3.05) is 0 Å². The molecule has 3 nitrogen and oxygen atoms in total. The maximum Gasteiger partial charge on any atom is 0.490 e. The second-order valence-corrected chi connectivity index (χ2v) is 3.35. The number of hydrogen-bond acceptors (Lipinski definition) is 3. The van der Waals surface area contributed by atoms with Crippen molar-refractivity contribution in [2.45, 2.75) is 44.1 Å². The van der Waals surface area contributed by atoms with Crippen LogP contribution in [0.15, 0.2) is 0 Å². The summed E-state index contributed by atoms with van der Waals surface area (Å²) in [6.45, 7) is 0. The smallest absolute Gasteiger partial charge is 0.456 e. The van der Waals surface area contributed by atoms with Crippen molar-refractivity contribution >= 4 is 5.97 Å². The first kappa shape index (κ1) is 11.3. The Morgan fingerprint density at radius 1 is 1.36 bits per heavy atom. The summed E-state index contributed by atoms with van der Waals surface area (Å²) in [5.74, 6) is -2.17. The number of rotatable bonds is 1. The fourth-order valence-electron chi connectivity index (χ4n) is 1.45. The van der Waals surface area contributed by atoms with Crippen LogP contribution in [0.5, 0.6) is 0 Å². The summed E-state index contributed by atoms with van der Waals surface area (Å²) >= 11 is 0. The molecule has 1 rings (SSSR count). The second kappa shape index (κ2) is 4.16. The molecule has 0 aromatic heterocycles. The van der Waals surface area contributed by atoms with Crippen LogP contribution < -0.4 is 0 Å². The van der Waals surface area contributed by atoms with E-state index in [9.17, 15) is 18.0 Å². The number of halogens is 3. The average Bonchev–Trinajstić information content (AvgIpc) is 2.02. The van der Waals surface area contributed by atoms with E-state index in [1.54, 1.807) is 0 Å². The lowest BCUT2D eigenvalue weighted by molar-refractivity contribution is -0.207. The van der Waals surface area contributed by atoms with Gasteiger partial charge < -0.3 is 9.84 Å². The minimum Gasteiger partial charge on any atom is -0.456 e. The number of esters is 1. The maximum absolute atomic E-state index is 11.8. The normalized spacial score (nSPS) is 28.6. The molecule has 1 aliphatic carbocycles. The Morgan fingerprint density at radius 3 is 2.50 bits per heavy atom. The molecule has 1 unspecified atom stereocenters. The zero-order valence-corrected chi connectivity index (χ0v) is 7.38. The molecule has 14 heavy (non-hydrogen) atoms. The van der Waals surface area contributed by atoms with Gasteiger partial charge in [0.25, 0.3) is 0 Å². The topological polar surface area (TPSA) is 46.5 Å². The summed E-state index contributed by atoms with van der Waals surface area (Å²) in [7, 11) is 0. The fraction of sp³-hybridized carbons (Fsp3) is 0.875. The first-order chi connectivity index (χ1) is 6.39. The van der Waals surface area contributed by atoms with Crippen LogP contribution in [0.4, 0.5) is 13.2 Å². The third kappa shape index (κ3) is 3.17. The highest BCUT2D eigenvalue weighted by molar-refractivity contribution is 5.75. The Kier molecular flexibility index (Phi) is 3.36. The van der Waals surface area contributed by atoms with Crippen molar-refractivity contribution in [1.29, 1.82) is 0 Å². The van der Waals surface area contributed by atoms with Gasteiger partial charge in [-0.1, -0.05) is 0 Å². The highest BCUT2D eigenvalue weighted by atomic mass is 19.4. The van der Waals surface area contributed by atoms with Crippen molar-refractivity contribution < 1.29 is 27.8 Å². The number of aliphatic hydroxyl groups is 1. The molecule has 0 spiro atoms. The van der Waals surface area contributed by atoms with E-state index < -0.39 is 24.4 Å². The van der Waals surface area contributed by atoms with E-state index in [2.05, 4.69) is 4.74 Å². The van der Waals surface area contributed by atoms with Gasteiger partial charge in [-0.2, -0.15) is 13.2 Å². The molecule has 0 bridgehead atoms. The average molecular weight is 212 g/mol. The van der Waals surface area contributed by atoms with Crippen LogP contribution >= 0.6 is 0 Å². The Bertz CT molecular complexity index is 214. The van der Waals surface area contributed by atoms with Crippen LogP contribution in [-0.4, -0.2) is 29.5 Å². The third-order valence-electron chi connectivity index (χ3n) is 2.10. The molecule has 6 heteroatoms. The largest absolute Gasteiger partial charge is 0.490 e.